The van der Waals surface area contributed by atoms with E-state index in [2.05, 4.69) is 6.08 Å². The van der Waals surface area contributed by atoms with Gasteiger partial charge in [-0.3, -0.25) is 9.59 Å². The topological polar surface area (TPSA) is 74.6 Å². The molecule has 16 heavy (non-hydrogen) atoms. The second-order valence-corrected chi connectivity index (χ2v) is 5.26. The summed E-state index contributed by atoms with van der Waals surface area (Å²) in [6, 6.07) is 0. The summed E-state index contributed by atoms with van der Waals surface area (Å²) in [5, 5.41) is 18.6. The van der Waals surface area contributed by atoms with Gasteiger partial charge in [0.1, 0.15) is 0 Å². The quantitative estimate of drug-likeness (QED) is 0.546. The molecule has 3 aliphatic carbocycles. The molecule has 4 unspecified atom stereocenters. The maximum atomic E-state index is 11.4. The van der Waals surface area contributed by atoms with Crippen LogP contribution in [0.1, 0.15) is 19.3 Å². The maximum absolute atomic E-state index is 11.4. The van der Waals surface area contributed by atoms with E-state index in [9.17, 15) is 19.8 Å². The molecular formula is C12H14O4. The minimum absolute atomic E-state index is 0.171. The summed E-state index contributed by atoms with van der Waals surface area (Å²) >= 11 is 0. The van der Waals surface area contributed by atoms with Crippen molar-refractivity contribution in [3.8, 4) is 0 Å². The minimum Gasteiger partial charge on any atom is -0.480 e. The third kappa shape index (κ3) is 0.907. The van der Waals surface area contributed by atoms with Crippen molar-refractivity contribution in [2.45, 2.75) is 19.3 Å². The predicted octanol–water partition coefficient (Wildman–Crippen LogP) is 1.37. The Morgan fingerprint density at radius 1 is 1.12 bits per heavy atom. The smallest absolute Gasteiger partial charge is 0.321 e. The number of aliphatic carboxylic acids is 2. The Labute approximate surface area is 93.0 Å². The zero-order chi connectivity index (χ0) is 11.5. The van der Waals surface area contributed by atoms with Crippen LogP contribution < -0.4 is 0 Å². The SMILES string of the molecule is O=C(O)C1(C(=O)O)CCC2C3C=CC(C3)C21. The number of carbonyl (C=O) groups is 2. The van der Waals surface area contributed by atoms with E-state index in [4.69, 9.17) is 0 Å². The second-order valence-electron chi connectivity index (χ2n) is 5.26. The molecule has 0 aromatic carbocycles. The van der Waals surface area contributed by atoms with Crippen molar-refractivity contribution in [3.63, 3.8) is 0 Å². The van der Waals surface area contributed by atoms with Crippen molar-refractivity contribution in [2.75, 3.05) is 0 Å². The van der Waals surface area contributed by atoms with E-state index in [1.54, 1.807) is 0 Å². The molecule has 0 spiro atoms. The van der Waals surface area contributed by atoms with Gasteiger partial charge in [0, 0.05) is 0 Å². The molecule has 0 aromatic heterocycles. The molecule has 2 saturated carbocycles. The molecule has 2 fully saturated rings. The van der Waals surface area contributed by atoms with Crippen LogP contribution in [-0.4, -0.2) is 22.2 Å². The van der Waals surface area contributed by atoms with Crippen molar-refractivity contribution >= 4 is 11.9 Å². The van der Waals surface area contributed by atoms with E-state index in [0.29, 0.717) is 12.3 Å². The minimum atomic E-state index is -1.52. The van der Waals surface area contributed by atoms with Crippen LogP contribution in [0.25, 0.3) is 0 Å². The lowest BCUT2D eigenvalue weighted by atomic mass is 9.70. The Hall–Kier alpha value is -1.32. The van der Waals surface area contributed by atoms with Crippen LogP contribution in [0.5, 0.6) is 0 Å². The Morgan fingerprint density at radius 2 is 1.75 bits per heavy atom. The molecule has 2 N–H and O–H groups in total. The summed E-state index contributed by atoms with van der Waals surface area (Å²) in [5.41, 5.74) is -1.52. The number of carboxylic acids is 2. The molecule has 0 aliphatic heterocycles. The van der Waals surface area contributed by atoms with Crippen LogP contribution in [0.4, 0.5) is 0 Å². The molecule has 2 bridgehead atoms. The van der Waals surface area contributed by atoms with Gasteiger partial charge >= 0.3 is 11.9 Å². The maximum Gasteiger partial charge on any atom is 0.321 e. The monoisotopic (exact) mass is 222 g/mol. The van der Waals surface area contributed by atoms with Gasteiger partial charge < -0.3 is 10.2 Å². The summed E-state index contributed by atoms with van der Waals surface area (Å²) in [6.07, 6.45) is 6.16. The molecular weight excluding hydrogens is 208 g/mol. The molecule has 4 atom stereocenters. The van der Waals surface area contributed by atoms with Gasteiger partial charge in [0.15, 0.2) is 5.41 Å². The molecule has 0 radical (unpaired) electrons. The number of hydrogen-bond acceptors (Lipinski definition) is 2. The lowest BCUT2D eigenvalue weighted by molar-refractivity contribution is -0.168. The van der Waals surface area contributed by atoms with Gasteiger partial charge in [-0.15, -0.1) is 0 Å². The molecule has 4 nitrogen and oxygen atoms in total. The van der Waals surface area contributed by atoms with E-state index in [1.165, 1.54) is 0 Å². The van der Waals surface area contributed by atoms with Gasteiger partial charge in [-0.2, -0.15) is 0 Å². The second kappa shape index (κ2) is 2.87. The lowest BCUT2D eigenvalue weighted by Crippen LogP contribution is -2.45. The first-order valence-electron chi connectivity index (χ1n) is 5.72. The standard InChI is InChI=1S/C12H14O4/c13-10(14)12(11(15)16)4-3-8-6-1-2-7(5-6)9(8)12/h1-2,6-9H,3-5H2,(H,13,14)(H,15,16). The summed E-state index contributed by atoms with van der Waals surface area (Å²) in [5.74, 6) is -1.60. The average molecular weight is 222 g/mol. The zero-order valence-electron chi connectivity index (χ0n) is 8.80. The van der Waals surface area contributed by atoms with Crippen LogP contribution in [0.15, 0.2) is 12.2 Å². The van der Waals surface area contributed by atoms with Crippen molar-refractivity contribution in [1.29, 1.82) is 0 Å². The highest BCUT2D eigenvalue weighted by molar-refractivity contribution is 5.99. The summed E-state index contributed by atoms with van der Waals surface area (Å²) in [4.78, 5) is 22.8. The van der Waals surface area contributed by atoms with Crippen molar-refractivity contribution < 1.29 is 19.8 Å². The van der Waals surface area contributed by atoms with Gasteiger partial charge in [0.2, 0.25) is 0 Å². The number of rotatable bonds is 2. The first-order chi connectivity index (χ1) is 7.57. The fourth-order valence-electron chi connectivity index (χ4n) is 4.20. The fraction of sp³-hybridized carbons (Fsp3) is 0.667. The van der Waals surface area contributed by atoms with E-state index in [-0.39, 0.29) is 17.8 Å². The molecule has 3 rings (SSSR count). The lowest BCUT2D eigenvalue weighted by Gasteiger charge is -2.31. The van der Waals surface area contributed by atoms with Crippen molar-refractivity contribution in [2.24, 2.45) is 29.1 Å². The fourth-order valence-corrected chi connectivity index (χ4v) is 4.20. The zero-order valence-corrected chi connectivity index (χ0v) is 8.80. The van der Waals surface area contributed by atoms with Gasteiger partial charge in [-0.1, -0.05) is 12.2 Å². The van der Waals surface area contributed by atoms with E-state index < -0.39 is 17.4 Å². The van der Waals surface area contributed by atoms with Gasteiger partial charge in [-0.25, -0.2) is 0 Å². The highest BCUT2D eigenvalue weighted by Crippen LogP contribution is 2.62. The third-order valence-electron chi connectivity index (χ3n) is 4.83. The van der Waals surface area contributed by atoms with E-state index >= 15 is 0 Å². The van der Waals surface area contributed by atoms with Gasteiger partial charge in [0.05, 0.1) is 0 Å². The Balaban J connectivity index is 2.06. The first-order valence-corrected chi connectivity index (χ1v) is 5.72. The Morgan fingerprint density at radius 3 is 2.38 bits per heavy atom. The number of hydrogen-bond donors (Lipinski definition) is 2. The van der Waals surface area contributed by atoms with Crippen molar-refractivity contribution in [3.05, 3.63) is 12.2 Å². The highest BCUT2D eigenvalue weighted by atomic mass is 16.4. The summed E-state index contributed by atoms with van der Waals surface area (Å²) in [6.45, 7) is 0. The molecule has 0 heterocycles. The van der Waals surface area contributed by atoms with E-state index in [0.717, 1.165) is 12.8 Å². The molecule has 4 heteroatoms. The molecule has 86 valence electrons. The van der Waals surface area contributed by atoms with Gasteiger partial charge in [0.25, 0.3) is 0 Å². The third-order valence-corrected chi connectivity index (χ3v) is 4.83. The van der Waals surface area contributed by atoms with E-state index in [1.807, 2.05) is 6.08 Å². The number of fused-ring (bicyclic) bond motifs is 5. The van der Waals surface area contributed by atoms with Crippen LogP contribution in [0.2, 0.25) is 0 Å². The molecule has 3 aliphatic rings. The highest BCUT2D eigenvalue weighted by Gasteiger charge is 2.65. The van der Waals surface area contributed by atoms with Crippen LogP contribution >= 0.6 is 0 Å². The Bertz CT molecular complexity index is 384. The molecule has 0 aromatic rings. The normalized spacial score (nSPS) is 42.2. The van der Waals surface area contributed by atoms with Crippen LogP contribution in [0, 0.1) is 29.1 Å². The number of carboxylic acid groups (broad SMARTS) is 2. The molecule has 0 saturated heterocycles. The van der Waals surface area contributed by atoms with Gasteiger partial charge in [-0.05, 0) is 42.9 Å². The number of allylic oxidation sites excluding steroid dienone is 2. The first kappa shape index (κ1) is 9.87. The summed E-state index contributed by atoms with van der Waals surface area (Å²) in [7, 11) is 0. The van der Waals surface area contributed by atoms with Crippen molar-refractivity contribution in [1.82, 2.24) is 0 Å². The largest absolute Gasteiger partial charge is 0.480 e. The average Bonchev–Trinajstić information content (AvgIpc) is 2.89. The Kier molecular flexibility index (Phi) is 1.77. The van der Waals surface area contributed by atoms with Crippen LogP contribution in [0.3, 0.4) is 0 Å². The summed E-state index contributed by atoms with van der Waals surface area (Å²) < 4.78 is 0. The molecule has 0 amide bonds. The van der Waals surface area contributed by atoms with Crippen LogP contribution in [-0.2, 0) is 9.59 Å². The predicted molar refractivity (Wildman–Crippen MR) is 54.7 cm³/mol.